The molecule has 0 saturated heterocycles. The van der Waals surface area contributed by atoms with Gasteiger partial charge >= 0.3 is 0 Å². The highest BCUT2D eigenvalue weighted by Crippen LogP contribution is 2.33. The van der Waals surface area contributed by atoms with Crippen molar-refractivity contribution in [3.05, 3.63) is 101 Å². The summed E-state index contributed by atoms with van der Waals surface area (Å²) in [5.41, 5.74) is 2.61. The summed E-state index contributed by atoms with van der Waals surface area (Å²) < 4.78 is 6.53. The van der Waals surface area contributed by atoms with Crippen molar-refractivity contribution in [2.24, 2.45) is 7.05 Å². The van der Waals surface area contributed by atoms with E-state index in [1.807, 2.05) is 66.7 Å². The van der Waals surface area contributed by atoms with Gasteiger partial charge in [0.25, 0.3) is 11.5 Å². The largest absolute Gasteiger partial charge is 0.495 e. The van der Waals surface area contributed by atoms with Gasteiger partial charge in [0.2, 0.25) is 0 Å². The van der Waals surface area contributed by atoms with Gasteiger partial charge in [-0.15, -0.1) is 0 Å². The molecular weight excluding hydrogens is 390 g/mol. The number of ether oxygens (including phenoxy) is 1. The van der Waals surface area contributed by atoms with Crippen molar-refractivity contribution in [1.29, 1.82) is 0 Å². The van der Waals surface area contributed by atoms with Crippen molar-refractivity contribution in [1.82, 2.24) is 9.78 Å². The number of methoxy groups -OCH3 is 1. The van der Waals surface area contributed by atoms with Gasteiger partial charge in [0, 0.05) is 18.2 Å². The summed E-state index contributed by atoms with van der Waals surface area (Å²) in [4.78, 5) is 26.6. The van der Waals surface area contributed by atoms with Crippen LogP contribution in [0.1, 0.15) is 10.4 Å². The Morgan fingerprint density at radius 2 is 1.45 bits per heavy atom. The number of carbonyl (C=O) groups is 1. The number of aryl methyl sites for hydroxylation is 1. The summed E-state index contributed by atoms with van der Waals surface area (Å²) in [7, 11) is 3.07. The number of rotatable bonds is 5. The summed E-state index contributed by atoms with van der Waals surface area (Å²) in [5.74, 6) is -0.0187. The molecule has 3 aromatic carbocycles. The standard InChI is InChI=1S/C25H21N3O3/c1-28-25(30)22(24(29)26-19-15-9-10-16-20(19)31-2)21(17-11-5-3-6-12-17)23(27-28)18-13-7-4-8-14-18/h3-16H,1-2H3,(H,26,29). The number of nitrogens with zero attached hydrogens (tertiary/aromatic N) is 2. The van der Waals surface area contributed by atoms with Gasteiger partial charge in [-0.1, -0.05) is 72.8 Å². The van der Waals surface area contributed by atoms with E-state index in [-0.39, 0.29) is 5.56 Å². The van der Waals surface area contributed by atoms with Crippen LogP contribution in [0.2, 0.25) is 0 Å². The Kier molecular flexibility index (Phi) is 5.62. The fourth-order valence-electron chi connectivity index (χ4n) is 3.46. The second kappa shape index (κ2) is 8.67. The average molecular weight is 411 g/mol. The summed E-state index contributed by atoms with van der Waals surface area (Å²) in [6.07, 6.45) is 0. The summed E-state index contributed by atoms with van der Waals surface area (Å²) >= 11 is 0. The van der Waals surface area contributed by atoms with Crippen molar-refractivity contribution >= 4 is 11.6 Å². The van der Waals surface area contributed by atoms with Gasteiger partial charge in [-0.25, -0.2) is 4.68 Å². The van der Waals surface area contributed by atoms with Gasteiger partial charge in [0.05, 0.1) is 18.5 Å². The Bertz CT molecular complexity index is 1280. The highest BCUT2D eigenvalue weighted by molar-refractivity contribution is 6.10. The molecule has 0 bridgehead atoms. The number of para-hydroxylation sites is 2. The smallest absolute Gasteiger partial charge is 0.280 e. The Labute approximate surface area is 179 Å². The third-order valence-electron chi connectivity index (χ3n) is 4.94. The van der Waals surface area contributed by atoms with Crippen LogP contribution in [-0.2, 0) is 7.05 Å². The first-order chi connectivity index (χ1) is 15.1. The molecule has 0 aliphatic carbocycles. The van der Waals surface area contributed by atoms with Gasteiger partial charge < -0.3 is 10.1 Å². The molecule has 0 fully saturated rings. The third kappa shape index (κ3) is 3.96. The predicted octanol–water partition coefficient (Wildman–Crippen LogP) is 4.38. The summed E-state index contributed by atoms with van der Waals surface area (Å²) in [5, 5.41) is 7.33. The maximum absolute atomic E-state index is 13.4. The van der Waals surface area contributed by atoms with Gasteiger partial charge in [-0.05, 0) is 17.7 Å². The topological polar surface area (TPSA) is 73.2 Å². The number of benzene rings is 3. The van der Waals surface area contributed by atoms with Crippen molar-refractivity contribution in [2.45, 2.75) is 0 Å². The minimum absolute atomic E-state index is 0.0217. The number of aromatic nitrogens is 2. The predicted molar refractivity (Wildman–Crippen MR) is 121 cm³/mol. The molecule has 0 aliphatic rings. The molecule has 0 aliphatic heterocycles. The number of hydrogen-bond acceptors (Lipinski definition) is 4. The van der Waals surface area contributed by atoms with E-state index in [0.29, 0.717) is 22.7 Å². The van der Waals surface area contributed by atoms with Crippen molar-refractivity contribution in [3.8, 4) is 28.1 Å². The Hall–Kier alpha value is -4.19. The van der Waals surface area contributed by atoms with E-state index in [1.165, 1.54) is 11.8 Å². The number of amides is 1. The average Bonchev–Trinajstić information content (AvgIpc) is 2.81. The lowest BCUT2D eigenvalue weighted by atomic mass is 9.95. The fourth-order valence-corrected chi connectivity index (χ4v) is 3.46. The zero-order chi connectivity index (χ0) is 21.8. The molecular formula is C25H21N3O3. The molecule has 6 heteroatoms. The Balaban J connectivity index is 1.96. The Morgan fingerprint density at radius 3 is 2.10 bits per heavy atom. The van der Waals surface area contributed by atoms with Gasteiger partial charge in [-0.3, -0.25) is 9.59 Å². The zero-order valence-electron chi connectivity index (χ0n) is 17.2. The second-order valence-electron chi connectivity index (χ2n) is 6.91. The monoisotopic (exact) mass is 411 g/mol. The van der Waals surface area contributed by atoms with E-state index in [9.17, 15) is 9.59 Å². The molecule has 6 nitrogen and oxygen atoms in total. The highest BCUT2D eigenvalue weighted by atomic mass is 16.5. The first-order valence-electron chi connectivity index (χ1n) is 9.76. The van der Waals surface area contributed by atoms with Crippen LogP contribution >= 0.6 is 0 Å². The fraction of sp³-hybridized carbons (Fsp3) is 0.0800. The lowest BCUT2D eigenvalue weighted by Crippen LogP contribution is -2.31. The molecule has 1 N–H and O–H groups in total. The number of hydrogen-bond donors (Lipinski definition) is 1. The van der Waals surface area contributed by atoms with Crippen LogP contribution in [0.3, 0.4) is 0 Å². The van der Waals surface area contributed by atoms with E-state index in [0.717, 1.165) is 11.1 Å². The molecule has 1 amide bonds. The molecule has 1 heterocycles. The van der Waals surface area contributed by atoms with Crippen LogP contribution in [-0.4, -0.2) is 22.8 Å². The van der Waals surface area contributed by atoms with Crippen molar-refractivity contribution in [3.63, 3.8) is 0 Å². The van der Waals surface area contributed by atoms with E-state index in [1.54, 1.807) is 25.2 Å². The highest BCUT2D eigenvalue weighted by Gasteiger charge is 2.25. The molecule has 0 radical (unpaired) electrons. The van der Waals surface area contributed by atoms with Crippen molar-refractivity contribution in [2.75, 3.05) is 12.4 Å². The van der Waals surface area contributed by atoms with E-state index in [2.05, 4.69) is 10.4 Å². The molecule has 0 atom stereocenters. The SMILES string of the molecule is COc1ccccc1NC(=O)c1c(-c2ccccc2)c(-c2ccccc2)nn(C)c1=O. The van der Waals surface area contributed by atoms with E-state index >= 15 is 0 Å². The van der Waals surface area contributed by atoms with Crippen LogP contribution < -0.4 is 15.6 Å². The number of carbonyl (C=O) groups excluding carboxylic acids is 1. The van der Waals surface area contributed by atoms with Gasteiger partial charge in [-0.2, -0.15) is 5.10 Å². The van der Waals surface area contributed by atoms with Crippen LogP contribution in [0, 0.1) is 0 Å². The van der Waals surface area contributed by atoms with Crippen LogP contribution in [0.25, 0.3) is 22.4 Å². The molecule has 154 valence electrons. The first-order valence-corrected chi connectivity index (χ1v) is 9.76. The van der Waals surface area contributed by atoms with Gasteiger partial charge in [0.1, 0.15) is 11.3 Å². The molecule has 4 rings (SSSR count). The molecule has 31 heavy (non-hydrogen) atoms. The lowest BCUT2D eigenvalue weighted by molar-refractivity contribution is 0.102. The molecule has 4 aromatic rings. The Morgan fingerprint density at radius 1 is 0.871 bits per heavy atom. The minimum atomic E-state index is -0.525. The van der Waals surface area contributed by atoms with Crippen molar-refractivity contribution < 1.29 is 9.53 Å². The zero-order valence-corrected chi connectivity index (χ0v) is 17.2. The lowest BCUT2D eigenvalue weighted by Gasteiger charge is -2.16. The number of nitrogens with one attached hydrogen (secondary N) is 1. The van der Waals surface area contributed by atoms with Crippen LogP contribution in [0.4, 0.5) is 5.69 Å². The normalized spacial score (nSPS) is 10.5. The third-order valence-corrected chi connectivity index (χ3v) is 4.94. The summed E-state index contributed by atoms with van der Waals surface area (Å²) in [6.45, 7) is 0. The minimum Gasteiger partial charge on any atom is -0.495 e. The first kappa shape index (κ1) is 20.1. The maximum Gasteiger partial charge on any atom is 0.280 e. The number of anilines is 1. The molecule has 0 spiro atoms. The molecule has 1 aromatic heterocycles. The maximum atomic E-state index is 13.4. The van der Waals surface area contributed by atoms with Gasteiger partial charge in [0.15, 0.2) is 0 Å². The molecule has 0 saturated carbocycles. The molecule has 0 unspecified atom stereocenters. The quantitative estimate of drug-likeness (QED) is 0.529. The summed E-state index contributed by atoms with van der Waals surface area (Å²) in [6, 6.07) is 25.9. The van der Waals surface area contributed by atoms with Crippen LogP contribution in [0.15, 0.2) is 89.7 Å². The van der Waals surface area contributed by atoms with E-state index < -0.39 is 11.5 Å². The van der Waals surface area contributed by atoms with Crippen LogP contribution in [0.5, 0.6) is 5.75 Å². The second-order valence-corrected chi connectivity index (χ2v) is 6.91. The van der Waals surface area contributed by atoms with E-state index in [4.69, 9.17) is 4.74 Å².